The van der Waals surface area contributed by atoms with Gasteiger partial charge in [0, 0.05) is 24.5 Å². The first-order valence-corrected chi connectivity index (χ1v) is 7.54. The lowest BCUT2D eigenvalue weighted by atomic mass is 10.1. The summed E-state index contributed by atoms with van der Waals surface area (Å²) in [5.41, 5.74) is 0.967. The molecule has 0 bridgehead atoms. The highest BCUT2D eigenvalue weighted by atomic mass is 16.3. The molecule has 0 spiro atoms. The van der Waals surface area contributed by atoms with Gasteiger partial charge in [-0.3, -0.25) is 4.79 Å². The molecule has 2 N–H and O–H groups in total. The molecule has 0 saturated heterocycles. The van der Waals surface area contributed by atoms with Crippen LogP contribution < -0.4 is 5.32 Å². The van der Waals surface area contributed by atoms with Crippen LogP contribution in [0.3, 0.4) is 0 Å². The van der Waals surface area contributed by atoms with Gasteiger partial charge in [0.15, 0.2) is 0 Å². The summed E-state index contributed by atoms with van der Waals surface area (Å²) in [4.78, 5) is 16.6. The van der Waals surface area contributed by atoms with E-state index in [2.05, 4.69) is 10.3 Å². The Morgan fingerprint density at radius 2 is 1.95 bits per heavy atom. The Morgan fingerprint density at radius 3 is 2.59 bits per heavy atom. The molecule has 1 aromatic carbocycles. The highest BCUT2D eigenvalue weighted by Gasteiger charge is 2.19. The van der Waals surface area contributed by atoms with Gasteiger partial charge in [0.05, 0.1) is 6.10 Å². The van der Waals surface area contributed by atoms with E-state index in [0.29, 0.717) is 0 Å². The van der Waals surface area contributed by atoms with E-state index in [9.17, 15) is 9.90 Å². The number of amides is 1. The summed E-state index contributed by atoms with van der Waals surface area (Å²) in [5, 5.41) is 12.6. The second-order valence-corrected chi connectivity index (χ2v) is 5.76. The summed E-state index contributed by atoms with van der Waals surface area (Å²) < 4.78 is 1.84. The van der Waals surface area contributed by atoms with E-state index in [4.69, 9.17) is 0 Å². The molecule has 0 aliphatic rings. The van der Waals surface area contributed by atoms with Crippen molar-refractivity contribution in [3.05, 3.63) is 42.7 Å². The number of hydrogen-bond acceptors (Lipinski definition) is 3. The molecule has 5 nitrogen and oxygen atoms in total. The second-order valence-electron chi connectivity index (χ2n) is 5.76. The lowest BCUT2D eigenvalue weighted by Crippen LogP contribution is -2.38. The minimum absolute atomic E-state index is 0.115. The molecule has 0 aliphatic heterocycles. The molecular formula is C17H23N3O2. The average Bonchev–Trinajstić information content (AvgIpc) is 3.01. The van der Waals surface area contributed by atoms with Gasteiger partial charge in [0.2, 0.25) is 5.91 Å². The Bertz CT molecular complexity index is 607. The molecule has 1 heterocycles. The Labute approximate surface area is 131 Å². The topological polar surface area (TPSA) is 67.2 Å². The van der Waals surface area contributed by atoms with Gasteiger partial charge in [0.1, 0.15) is 11.9 Å². The number of benzene rings is 1. The fourth-order valence-electron chi connectivity index (χ4n) is 2.15. The summed E-state index contributed by atoms with van der Waals surface area (Å²) >= 11 is 0. The molecular weight excluding hydrogens is 278 g/mol. The molecule has 2 unspecified atom stereocenters. The average molecular weight is 301 g/mol. The van der Waals surface area contributed by atoms with Crippen molar-refractivity contribution in [1.29, 1.82) is 0 Å². The van der Waals surface area contributed by atoms with Crippen LogP contribution >= 0.6 is 0 Å². The van der Waals surface area contributed by atoms with E-state index in [-0.39, 0.29) is 18.4 Å². The maximum absolute atomic E-state index is 12.3. The largest absolute Gasteiger partial charge is 0.391 e. The van der Waals surface area contributed by atoms with Crippen molar-refractivity contribution >= 4 is 5.91 Å². The van der Waals surface area contributed by atoms with Gasteiger partial charge in [-0.15, -0.1) is 0 Å². The van der Waals surface area contributed by atoms with Crippen LogP contribution in [0.25, 0.3) is 11.4 Å². The van der Waals surface area contributed by atoms with E-state index in [1.54, 1.807) is 12.4 Å². The van der Waals surface area contributed by atoms with Crippen LogP contribution in [0, 0.1) is 5.92 Å². The van der Waals surface area contributed by atoms with E-state index < -0.39 is 12.1 Å². The first-order chi connectivity index (χ1) is 10.5. The number of carbonyl (C=O) groups excluding carboxylic acids is 1. The fourth-order valence-corrected chi connectivity index (χ4v) is 2.15. The number of rotatable bonds is 6. The van der Waals surface area contributed by atoms with Crippen LogP contribution in [0.15, 0.2) is 42.7 Å². The number of nitrogens with zero attached hydrogens (tertiary/aromatic N) is 2. The molecule has 2 atom stereocenters. The van der Waals surface area contributed by atoms with E-state index in [0.717, 1.165) is 11.4 Å². The number of imidazole rings is 1. The zero-order chi connectivity index (χ0) is 16.1. The molecule has 2 aromatic rings. The van der Waals surface area contributed by atoms with Gasteiger partial charge in [-0.1, -0.05) is 44.2 Å². The van der Waals surface area contributed by atoms with Gasteiger partial charge in [-0.05, 0) is 12.8 Å². The van der Waals surface area contributed by atoms with Crippen molar-refractivity contribution < 1.29 is 9.90 Å². The number of aliphatic hydroxyl groups excluding tert-OH is 1. The fraction of sp³-hybridized carbons (Fsp3) is 0.412. The first kappa shape index (κ1) is 16.2. The summed E-state index contributed by atoms with van der Waals surface area (Å²) in [6.07, 6.45) is 2.95. The molecule has 1 amide bonds. The van der Waals surface area contributed by atoms with Crippen molar-refractivity contribution in [3.8, 4) is 11.4 Å². The highest BCUT2D eigenvalue weighted by molar-refractivity contribution is 5.80. The number of aliphatic hydroxyl groups is 1. The minimum Gasteiger partial charge on any atom is -0.391 e. The van der Waals surface area contributed by atoms with Crippen LogP contribution in [-0.2, 0) is 4.79 Å². The third-order valence-corrected chi connectivity index (χ3v) is 3.75. The van der Waals surface area contributed by atoms with Gasteiger partial charge in [-0.25, -0.2) is 4.98 Å². The van der Waals surface area contributed by atoms with E-state index in [1.165, 1.54) is 0 Å². The maximum atomic E-state index is 12.3. The van der Waals surface area contributed by atoms with Crippen LogP contribution in [0.4, 0.5) is 0 Å². The van der Waals surface area contributed by atoms with Crippen LogP contribution in [0.5, 0.6) is 0 Å². The van der Waals surface area contributed by atoms with Crippen LogP contribution in [0.1, 0.15) is 26.8 Å². The van der Waals surface area contributed by atoms with Gasteiger partial charge in [-0.2, -0.15) is 0 Å². The monoisotopic (exact) mass is 301 g/mol. The maximum Gasteiger partial charge on any atom is 0.242 e. The van der Waals surface area contributed by atoms with Crippen molar-refractivity contribution in [3.63, 3.8) is 0 Å². The minimum atomic E-state index is -0.535. The summed E-state index contributed by atoms with van der Waals surface area (Å²) in [5.74, 6) is 0.742. The SMILES string of the molecule is CC(C)C(O)CNC(=O)C(C)n1ccnc1-c1ccccc1. The molecule has 0 radical (unpaired) electrons. The van der Waals surface area contributed by atoms with E-state index in [1.807, 2.05) is 55.7 Å². The molecule has 5 heteroatoms. The van der Waals surface area contributed by atoms with Gasteiger partial charge >= 0.3 is 0 Å². The number of carbonyl (C=O) groups is 1. The molecule has 0 fully saturated rings. The zero-order valence-electron chi connectivity index (χ0n) is 13.2. The smallest absolute Gasteiger partial charge is 0.242 e. The van der Waals surface area contributed by atoms with Crippen molar-refractivity contribution in [1.82, 2.24) is 14.9 Å². The quantitative estimate of drug-likeness (QED) is 0.860. The molecule has 1 aromatic heterocycles. The van der Waals surface area contributed by atoms with Gasteiger partial charge < -0.3 is 15.0 Å². The Hall–Kier alpha value is -2.14. The number of hydrogen-bond donors (Lipinski definition) is 2. The Morgan fingerprint density at radius 1 is 1.27 bits per heavy atom. The summed E-state index contributed by atoms with van der Waals surface area (Å²) in [6.45, 7) is 5.93. The summed E-state index contributed by atoms with van der Waals surface area (Å²) in [7, 11) is 0. The van der Waals surface area contributed by atoms with Crippen molar-refractivity contribution in [2.75, 3.05) is 6.54 Å². The number of aromatic nitrogens is 2. The first-order valence-electron chi connectivity index (χ1n) is 7.54. The predicted molar refractivity (Wildman–Crippen MR) is 86.2 cm³/mol. The normalized spacial score (nSPS) is 13.9. The third kappa shape index (κ3) is 3.74. The lowest BCUT2D eigenvalue weighted by Gasteiger charge is -2.19. The van der Waals surface area contributed by atoms with E-state index >= 15 is 0 Å². The standard InChI is InChI=1S/C17H23N3O2/c1-12(2)15(21)11-19-17(22)13(3)20-10-9-18-16(20)14-7-5-4-6-8-14/h4-10,12-13,15,21H,11H2,1-3H3,(H,19,22). The molecule has 118 valence electrons. The lowest BCUT2D eigenvalue weighted by molar-refractivity contribution is -0.124. The van der Waals surface area contributed by atoms with Crippen LogP contribution in [-0.4, -0.2) is 33.2 Å². The van der Waals surface area contributed by atoms with Crippen molar-refractivity contribution in [2.45, 2.75) is 32.9 Å². The molecule has 0 aliphatic carbocycles. The highest BCUT2D eigenvalue weighted by Crippen LogP contribution is 2.20. The summed E-state index contributed by atoms with van der Waals surface area (Å²) in [6, 6.07) is 9.37. The van der Waals surface area contributed by atoms with Crippen molar-refractivity contribution in [2.24, 2.45) is 5.92 Å². The predicted octanol–water partition coefficient (Wildman–Crippen LogP) is 2.24. The van der Waals surface area contributed by atoms with Gasteiger partial charge in [0.25, 0.3) is 0 Å². The number of nitrogens with one attached hydrogen (secondary N) is 1. The second kappa shape index (κ2) is 7.22. The Kier molecular flexibility index (Phi) is 5.33. The van der Waals surface area contributed by atoms with Crippen LogP contribution in [0.2, 0.25) is 0 Å². The molecule has 2 rings (SSSR count). The zero-order valence-corrected chi connectivity index (χ0v) is 13.2. The third-order valence-electron chi connectivity index (χ3n) is 3.75. The molecule has 22 heavy (non-hydrogen) atoms. The molecule has 0 saturated carbocycles. The Balaban J connectivity index is 2.09.